The molecule has 1 aromatic rings. The molecular weight excluding hydrogens is 246 g/mol. The van der Waals surface area contributed by atoms with E-state index in [1.54, 1.807) is 7.11 Å². The van der Waals surface area contributed by atoms with Crippen molar-refractivity contribution in [3.63, 3.8) is 0 Å². The number of methoxy groups -OCH3 is 1. The summed E-state index contributed by atoms with van der Waals surface area (Å²) in [6, 6.07) is 7.83. The summed E-state index contributed by atoms with van der Waals surface area (Å²) in [6.07, 6.45) is 9.32. The zero-order chi connectivity index (χ0) is 13.9. The van der Waals surface area contributed by atoms with Crippen molar-refractivity contribution in [3.8, 4) is 5.75 Å². The molecular formula is C18H27NO. The first-order valence-corrected chi connectivity index (χ1v) is 8.21. The van der Waals surface area contributed by atoms with Crippen LogP contribution in [0.2, 0.25) is 0 Å². The SMILES string of the molecule is COc1ccc2c(c1)C(NC1CCCCC1C)CCC2. The summed E-state index contributed by atoms with van der Waals surface area (Å²) in [5.74, 6) is 1.81. The van der Waals surface area contributed by atoms with E-state index in [0.717, 1.165) is 11.7 Å². The summed E-state index contributed by atoms with van der Waals surface area (Å²) >= 11 is 0. The molecule has 2 aliphatic carbocycles. The van der Waals surface area contributed by atoms with Crippen LogP contribution in [0.25, 0.3) is 0 Å². The Hall–Kier alpha value is -1.02. The predicted octanol–water partition coefficient (Wildman–Crippen LogP) is 4.24. The second kappa shape index (κ2) is 6.17. The predicted molar refractivity (Wildman–Crippen MR) is 83.2 cm³/mol. The van der Waals surface area contributed by atoms with E-state index in [1.165, 1.54) is 56.1 Å². The van der Waals surface area contributed by atoms with Crippen molar-refractivity contribution in [1.82, 2.24) is 5.32 Å². The third-order valence-electron chi connectivity index (χ3n) is 5.19. The summed E-state index contributed by atoms with van der Waals surface area (Å²) in [4.78, 5) is 0. The molecule has 2 aliphatic rings. The van der Waals surface area contributed by atoms with Crippen LogP contribution < -0.4 is 10.1 Å². The number of fused-ring (bicyclic) bond motifs is 1. The molecule has 2 heteroatoms. The van der Waals surface area contributed by atoms with Gasteiger partial charge in [-0.25, -0.2) is 0 Å². The molecule has 1 saturated carbocycles. The van der Waals surface area contributed by atoms with Crippen LogP contribution in [0.1, 0.15) is 62.6 Å². The molecule has 2 nitrogen and oxygen atoms in total. The minimum atomic E-state index is 0.527. The maximum atomic E-state index is 5.41. The lowest BCUT2D eigenvalue weighted by atomic mass is 9.82. The normalized spacial score (nSPS) is 29.8. The van der Waals surface area contributed by atoms with Gasteiger partial charge < -0.3 is 10.1 Å². The molecule has 110 valence electrons. The van der Waals surface area contributed by atoms with Gasteiger partial charge in [0.2, 0.25) is 0 Å². The van der Waals surface area contributed by atoms with Crippen molar-refractivity contribution in [2.75, 3.05) is 7.11 Å². The topological polar surface area (TPSA) is 21.3 Å². The van der Waals surface area contributed by atoms with E-state index in [9.17, 15) is 0 Å². The zero-order valence-corrected chi connectivity index (χ0v) is 12.8. The van der Waals surface area contributed by atoms with Gasteiger partial charge in [-0.15, -0.1) is 0 Å². The number of aryl methyl sites for hydroxylation is 1. The van der Waals surface area contributed by atoms with Gasteiger partial charge in [-0.2, -0.15) is 0 Å². The molecule has 3 atom stereocenters. The lowest BCUT2D eigenvalue weighted by molar-refractivity contribution is 0.249. The fraction of sp³-hybridized carbons (Fsp3) is 0.667. The average Bonchev–Trinajstić information content (AvgIpc) is 2.49. The summed E-state index contributed by atoms with van der Waals surface area (Å²) in [5, 5.41) is 3.96. The second-order valence-corrected chi connectivity index (χ2v) is 6.54. The Balaban J connectivity index is 1.78. The molecule has 0 bridgehead atoms. The van der Waals surface area contributed by atoms with E-state index in [-0.39, 0.29) is 0 Å². The number of nitrogens with one attached hydrogen (secondary N) is 1. The van der Waals surface area contributed by atoms with Crippen molar-refractivity contribution >= 4 is 0 Å². The Labute approximate surface area is 122 Å². The lowest BCUT2D eigenvalue weighted by Crippen LogP contribution is -2.40. The number of ether oxygens (including phenoxy) is 1. The van der Waals surface area contributed by atoms with Crippen LogP contribution in [-0.4, -0.2) is 13.2 Å². The first kappa shape index (κ1) is 13.9. The van der Waals surface area contributed by atoms with Crippen LogP contribution in [0.5, 0.6) is 5.75 Å². The maximum absolute atomic E-state index is 5.41. The Morgan fingerprint density at radius 2 is 1.95 bits per heavy atom. The molecule has 3 unspecified atom stereocenters. The fourth-order valence-corrected chi connectivity index (χ4v) is 3.90. The van der Waals surface area contributed by atoms with Crippen LogP contribution in [0.3, 0.4) is 0 Å². The Morgan fingerprint density at radius 3 is 2.75 bits per heavy atom. The number of rotatable bonds is 3. The molecule has 0 aromatic heterocycles. The highest BCUT2D eigenvalue weighted by Crippen LogP contribution is 2.34. The van der Waals surface area contributed by atoms with Gasteiger partial charge in [-0.1, -0.05) is 25.8 Å². The largest absolute Gasteiger partial charge is 0.497 e. The third-order valence-corrected chi connectivity index (χ3v) is 5.19. The van der Waals surface area contributed by atoms with Crippen molar-refractivity contribution in [3.05, 3.63) is 29.3 Å². The van der Waals surface area contributed by atoms with Gasteiger partial charge in [0.1, 0.15) is 5.75 Å². The number of benzene rings is 1. The van der Waals surface area contributed by atoms with Crippen molar-refractivity contribution in [1.29, 1.82) is 0 Å². The number of hydrogen-bond acceptors (Lipinski definition) is 2. The van der Waals surface area contributed by atoms with E-state index in [1.807, 2.05) is 0 Å². The summed E-state index contributed by atoms with van der Waals surface area (Å²) in [6.45, 7) is 2.41. The van der Waals surface area contributed by atoms with Crippen LogP contribution in [-0.2, 0) is 6.42 Å². The first-order chi connectivity index (χ1) is 9.78. The van der Waals surface area contributed by atoms with Gasteiger partial charge in [0.25, 0.3) is 0 Å². The summed E-state index contributed by atoms with van der Waals surface area (Å²) in [7, 11) is 1.76. The molecule has 0 aliphatic heterocycles. The highest BCUT2D eigenvalue weighted by atomic mass is 16.5. The molecule has 3 rings (SSSR count). The smallest absolute Gasteiger partial charge is 0.119 e. The molecule has 1 N–H and O–H groups in total. The minimum absolute atomic E-state index is 0.527. The average molecular weight is 273 g/mol. The number of hydrogen-bond donors (Lipinski definition) is 1. The Bertz CT molecular complexity index is 457. The van der Waals surface area contributed by atoms with Crippen LogP contribution in [0.4, 0.5) is 0 Å². The first-order valence-electron chi connectivity index (χ1n) is 8.21. The van der Waals surface area contributed by atoms with Gasteiger partial charge in [-0.05, 0) is 61.3 Å². The highest BCUT2D eigenvalue weighted by molar-refractivity contribution is 5.39. The van der Waals surface area contributed by atoms with Crippen LogP contribution in [0, 0.1) is 5.92 Å². The molecule has 0 amide bonds. The van der Waals surface area contributed by atoms with Crippen molar-refractivity contribution in [2.45, 2.75) is 64.0 Å². The Morgan fingerprint density at radius 1 is 1.10 bits per heavy atom. The van der Waals surface area contributed by atoms with Gasteiger partial charge in [-0.3, -0.25) is 0 Å². The fourth-order valence-electron chi connectivity index (χ4n) is 3.90. The van der Waals surface area contributed by atoms with E-state index in [4.69, 9.17) is 4.74 Å². The quantitative estimate of drug-likeness (QED) is 0.889. The van der Waals surface area contributed by atoms with Gasteiger partial charge in [0.15, 0.2) is 0 Å². The van der Waals surface area contributed by atoms with E-state index in [2.05, 4.69) is 30.4 Å². The molecule has 0 heterocycles. The molecule has 20 heavy (non-hydrogen) atoms. The van der Waals surface area contributed by atoms with Crippen LogP contribution in [0.15, 0.2) is 18.2 Å². The van der Waals surface area contributed by atoms with E-state index < -0.39 is 0 Å². The van der Waals surface area contributed by atoms with Crippen molar-refractivity contribution < 1.29 is 4.74 Å². The van der Waals surface area contributed by atoms with Gasteiger partial charge in [0, 0.05) is 12.1 Å². The minimum Gasteiger partial charge on any atom is -0.497 e. The van der Waals surface area contributed by atoms with Gasteiger partial charge in [0.05, 0.1) is 7.11 Å². The lowest BCUT2D eigenvalue weighted by Gasteiger charge is -2.36. The summed E-state index contributed by atoms with van der Waals surface area (Å²) < 4.78 is 5.41. The standard InChI is InChI=1S/C18H27NO/c1-13-6-3-4-8-17(13)19-18-9-5-7-14-10-11-15(20-2)12-16(14)18/h10-13,17-19H,3-9H2,1-2H3. The van der Waals surface area contributed by atoms with Crippen LogP contribution >= 0.6 is 0 Å². The van der Waals surface area contributed by atoms with E-state index >= 15 is 0 Å². The van der Waals surface area contributed by atoms with Gasteiger partial charge >= 0.3 is 0 Å². The summed E-state index contributed by atoms with van der Waals surface area (Å²) in [5.41, 5.74) is 2.99. The third kappa shape index (κ3) is 2.85. The molecule has 0 saturated heterocycles. The molecule has 0 spiro atoms. The monoisotopic (exact) mass is 273 g/mol. The van der Waals surface area contributed by atoms with Crippen molar-refractivity contribution in [2.24, 2.45) is 5.92 Å². The second-order valence-electron chi connectivity index (χ2n) is 6.54. The molecule has 1 fully saturated rings. The zero-order valence-electron chi connectivity index (χ0n) is 12.8. The highest BCUT2D eigenvalue weighted by Gasteiger charge is 2.27. The van der Waals surface area contributed by atoms with E-state index in [0.29, 0.717) is 12.1 Å². The Kier molecular flexibility index (Phi) is 4.30. The maximum Gasteiger partial charge on any atom is 0.119 e. The molecule has 0 radical (unpaired) electrons. The molecule has 1 aromatic carbocycles.